The first-order chi connectivity index (χ1) is 9.11. The summed E-state index contributed by atoms with van der Waals surface area (Å²) in [7, 11) is 0. The zero-order valence-electron chi connectivity index (χ0n) is 10.4. The number of thiophene rings is 1. The van der Waals surface area contributed by atoms with Crippen LogP contribution in [0.4, 0.5) is 4.39 Å². The molecule has 1 aromatic heterocycles. The van der Waals surface area contributed by atoms with Crippen LogP contribution in [0.1, 0.15) is 23.4 Å². The largest absolute Gasteiger partial charge is 0.310 e. The fraction of sp³-hybridized carbons (Fsp3) is 0.286. The summed E-state index contributed by atoms with van der Waals surface area (Å²) < 4.78 is 15.3. The van der Waals surface area contributed by atoms with Crippen LogP contribution in [0.5, 0.6) is 0 Å². The SMILES string of the molecule is CCNC(Cc1cc(Br)cs1)c1cccc(F)c1Br. The van der Waals surface area contributed by atoms with Crippen LogP contribution in [0.3, 0.4) is 0 Å². The summed E-state index contributed by atoms with van der Waals surface area (Å²) in [6.45, 7) is 2.91. The topological polar surface area (TPSA) is 12.0 Å². The molecular weight excluding hydrogens is 393 g/mol. The van der Waals surface area contributed by atoms with Crippen molar-refractivity contribution in [1.29, 1.82) is 0 Å². The molecule has 0 bridgehead atoms. The second-order valence-electron chi connectivity index (χ2n) is 4.19. The molecule has 19 heavy (non-hydrogen) atoms. The molecule has 0 spiro atoms. The fourth-order valence-electron chi connectivity index (χ4n) is 1.99. The lowest BCUT2D eigenvalue weighted by molar-refractivity contribution is 0.541. The van der Waals surface area contributed by atoms with Crippen LogP contribution in [0.25, 0.3) is 0 Å². The van der Waals surface area contributed by atoms with Gasteiger partial charge < -0.3 is 5.32 Å². The van der Waals surface area contributed by atoms with E-state index in [-0.39, 0.29) is 11.9 Å². The summed E-state index contributed by atoms with van der Waals surface area (Å²) in [5.41, 5.74) is 0.964. The molecule has 2 rings (SSSR count). The highest BCUT2D eigenvalue weighted by molar-refractivity contribution is 9.10. The first kappa shape index (κ1) is 15.2. The number of hydrogen-bond donors (Lipinski definition) is 1. The Morgan fingerprint density at radius 1 is 1.37 bits per heavy atom. The molecule has 1 nitrogen and oxygen atoms in total. The monoisotopic (exact) mass is 405 g/mol. The van der Waals surface area contributed by atoms with E-state index >= 15 is 0 Å². The van der Waals surface area contributed by atoms with E-state index in [0.29, 0.717) is 4.47 Å². The van der Waals surface area contributed by atoms with Gasteiger partial charge in [-0.3, -0.25) is 0 Å². The maximum atomic E-state index is 13.6. The van der Waals surface area contributed by atoms with E-state index in [2.05, 4.69) is 55.5 Å². The Kier molecular flexibility index (Phi) is 5.57. The quantitative estimate of drug-likeness (QED) is 0.709. The summed E-state index contributed by atoms with van der Waals surface area (Å²) in [6, 6.07) is 7.41. The standard InChI is InChI=1S/C14H14Br2FNS/c1-2-18-13(7-10-6-9(15)8-19-10)11-4-3-5-12(17)14(11)16/h3-6,8,13,18H,2,7H2,1H3. The van der Waals surface area contributed by atoms with E-state index in [1.807, 2.05) is 6.07 Å². The molecule has 0 aliphatic carbocycles. The van der Waals surface area contributed by atoms with Gasteiger partial charge in [-0.25, -0.2) is 4.39 Å². The van der Waals surface area contributed by atoms with Gasteiger partial charge in [0.1, 0.15) is 5.82 Å². The number of halogens is 3. The molecule has 5 heteroatoms. The van der Waals surface area contributed by atoms with Gasteiger partial charge in [-0.2, -0.15) is 0 Å². The van der Waals surface area contributed by atoms with Crippen LogP contribution in [0.15, 0.2) is 38.6 Å². The molecule has 102 valence electrons. The van der Waals surface area contributed by atoms with Crippen molar-refractivity contribution in [2.75, 3.05) is 6.54 Å². The van der Waals surface area contributed by atoms with Crippen LogP contribution in [0.2, 0.25) is 0 Å². The molecule has 1 aromatic carbocycles. The Morgan fingerprint density at radius 2 is 2.16 bits per heavy atom. The molecule has 1 N–H and O–H groups in total. The van der Waals surface area contributed by atoms with Crippen molar-refractivity contribution in [1.82, 2.24) is 5.32 Å². The summed E-state index contributed by atoms with van der Waals surface area (Å²) in [4.78, 5) is 1.27. The van der Waals surface area contributed by atoms with Gasteiger partial charge in [0.2, 0.25) is 0 Å². The van der Waals surface area contributed by atoms with Crippen molar-refractivity contribution in [2.45, 2.75) is 19.4 Å². The van der Waals surface area contributed by atoms with Crippen molar-refractivity contribution in [3.05, 3.63) is 54.8 Å². The smallest absolute Gasteiger partial charge is 0.137 e. The molecular formula is C14H14Br2FNS. The van der Waals surface area contributed by atoms with Crippen LogP contribution in [-0.2, 0) is 6.42 Å². The number of nitrogens with one attached hydrogen (secondary N) is 1. The predicted molar refractivity (Wildman–Crippen MR) is 86.2 cm³/mol. The zero-order chi connectivity index (χ0) is 13.8. The zero-order valence-corrected chi connectivity index (χ0v) is 14.4. The Labute approximate surface area is 133 Å². The van der Waals surface area contributed by atoms with E-state index in [4.69, 9.17) is 0 Å². The maximum Gasteiger partial charge on any atom is 0.137 e. The Bertz CT molecular complexity index is 556. The molecule has 0 fully saturated rings. The van der Waals surface area contributed by atoms with Gasteiger partial charge in [0, 0.05) is 27.2 Å². The average molecular weight is 407 g/mol. The van der Waals surface area contributed by atoms with Crippen molar-refractivity contribution in [3.8, 4) is 0 Å². The van der Waals surface area contributed by atoms with Crippen molar-refractivity contribution >= 4 is 43.2 Å². The molecule has 1 heterocycles. The van der Waals surface area contributed by atoms with Crippen LogP contribution < -0.4 is 5.32 Å². The second kappa shape index (κ2) is 6.97. The predicted octanol–water partition coefficient (Wildman–Crippen LogP) is 5.31. The summed E-state index contributed by atoms with van der Waals surface area (Å²) in [5, 5.41) is 5.49. The lowest BCUT2D eigenvalue weighted by Gasteiger charge is -2.19. The van der Waals surface area contributed by atoms with E-state index in [1.165, 1.54) is 10.9 Å². The van der Waals surface area contributed by atoms with E-state index in [9.17, 15) is 4.39 Å². The molecule has 0 aliphatic heterocycles. The maximum absolute atomic E-state index is 13.6. The third-order valence-corrected chi connectivity index (χ3v) is 5.39. The molecule has 0 aliphatic rings. The fourth-order valence-corrected chi connectivity index (χ4v) is 4.03. The lowest BCUT2D eigenvalue weighted by atomic mass is 10.0. The van der Waals surface area contributed by atoms with Crippen LogP contribution in [0, 0.1) is 5.82 Å². The Morgan fingerprint density at radius 3 is 2.79 bits per heavy atom. The molecule has 0 radical (unpaired) electrons. The van der Waals surface area contributed by atoms with Crippen molar-refractivity contribution in [3.63, 3.8) is 0 Å². The number of likely N-dealkylation sites (N-methyl/N-ethyl adjacent to an activating group) is 1. The normalized spacial score (nSPS) is 12.6. The van der Waals surface area contributed by atoms with Gasteiger partial charge in [0.05, 0.1) is 4.47 Å². The average Bonchev–Trinajstić information content (AvgIpc) is 2.78. The Hall–Kier alpha value is -0.230. The minimum absolute atomic E-state index is 0.112. The van der Waals surface area contributed by atoms with E-state index < -0.39 is 0 Å². The molecule has 2 aromatic rings. The number of benzene rings is 1. The molecule has 1 unspecified atom stereocenters. The molecule has 0 saturated heterocycles. The second-order valence-corrected chi connectivity index (χ2v) is 6.89. The van der Waals surface area contributed by atoms with Gasteiger partial charge in [-0.15, -0.1) is 11.3 Å². The number of rotatable bonds is 5. The minimum Gasteiger partial charge on any atom is -0.310 e. The highest BCUT2D eigenvalue weighted by Crippen LogP contribution is 2.30. The van der Waals surface area contributed by atoms with E-state index in [0.717, 1.165) is 23.0 Å². The third-order valence-electron chi connectivity index (χ3n) is 2.83. The van der Waals surface area contributed by atoms with Crippen molar-refractivity contribution in [2.24, 2.45) is 0 Å². The van der Waals surface area contributed by atoms with Crippen molar-refractivity contribution < 1.29 is 4.39 Å². The van der Waals surface area contributed by atoms with Gasteiger partial charge in [-0.05, 0) is 56.1 Å². The molecule has 0 amide bonds. The van der Waals surface area contributed by atoms with Gasteiger partial charge in [0.15, 0.2) is 0 Å². The van der Waals surface area contributed by atoms with Crippen LogP contribution in [-0.4, -0.2) is 6.54 Å². The highest BCUT2D eigenvalue weighted by Gasteiger charge is 2.17. The molecule has 1 atom stereocenters. The van der Waals surface area contributed by atoms with Gasteiger partial charge in [-0.1, -0.05) is 19.1 Å². The van der Waals surface area contributed by atoms with E-state index in [1.54, 1.807) is 17.4 Å². The van der Waals surface area contributed by atoms with Gasteiger partial charge >= 0.3 is 0 Å². The lowest BCUT2D eigenvalue weighted by Crippen LogP contribution is -2.23. The summed E-state index contributed by atoms with van der Waals surface area (Å²) >= 11 is 8.53. The highest BCUT2D eigenvalue weighted by atomic mass is 79.9. The third kappa shape index (κ3) is 3.88. The van der Waals surface area contributed by atoms with Gasteiger partial charge in [0.25, 0.3) is 0 Å². The summed E-state index contributed by atoms with van der Waals surface area (Å²) in [6.07, 6.45) is 0.853. The molecule has 0 saturated carbocycles. The summed E-state index contributed by atoms with van der Waals surface area (Å²) in [5.74, 6) is -0.215. The Balaban J connectivity index is 2.26. The number of hydrogen-bond acceptors (Lipinski definition) is 2. The van der Waals surface area contributed by atoms with Crippen LogP contribution >= 0.6 is 43.2 Å². The first-order valence-corrected chi connectivity index (χ1v) is 8.48. The minimum atomic E-state index is -0.215. The first-order valence-electron chi connectivity index (χ1n) is 6.02.